The summed E-state index contributed by atoms with van der Waals surface area (Å²) in [4.78, 5) is 18.0. The first-order valence-electron chi connectivity index (χ1n) is 12.8. The maximum atomic E-state index is 13.0. The molecular weight excluding hydrogens is 498 g/mol. The molecular formula is C27H34ClN3O4S. The number of anilines is 1. The fourth-order valence-electron chi connectivity index (χ4n) is 5.63. The molecule has 0 aromatic heterocycles. The minimum Gasteiger partial charge on any atom is -0.462 e. The van der Waals surface area contributed by atoms with Crippen LogP contribution in [0.4, 0.5) is 5.69 Å². The third kappa shape index (κ3) is 5.28. The Bertz CT molecular complexity index is 1170. The lowest BCUT2D eigenvalue weighted by atomic mass is 9.76. The molecule has 0 radical (unpaired) electrons. The number of nitrogens with zero attached hydrogens (tertiary/aromatic N) is 3. The lowest BCUT2D eigenvalue weighted by Crippen LogP contribution is -2.47. The molecule has 0 saturated carbocycles. The zero-order chi connectivity index (χ0) is 25.3. The summed E-state index contributed by atoms with van der Waals surface area (Å²) in [5.41, 5.74) is 1.99. The molecule has 0 unspecified atom stereocenters. The van der Waals surface area contributed by atoms with Gasteiger partial charge in [-0.15, -0.1) is 0 Å². The van der Waals surface area contributed by atoms with Gasteiger partial charge in [-0.3, -0.25) is 9.69 Å². The molecule has 0 bridgehead atoms. The van der Waals surface area contributed by atoms with Crippen molar-refractivity contribution in [3.63, 3.8) is 0 Å². The summed E-state index contributed by atoms with van der Waals surface area (Å²) in [5.74, 6) is -0.153. The van der Waals surface area contributed by atoms with Crippen LogP contribution in [0.2, 0.25) is 5.02 Å². The summed E-state index contributed by atoms with van der Waals surface area (Å²) in [7, 11) is -3.60. The first kappa shape index (κ1) is 25.5. The summed E-state index contributed by atoms with van der Waals surface area (Å²) < 4.78 is 33.3. The lowest BCUT2D eigenvalue weighted by Gasteiger charge is -2.36. The molecule has 0 N–H and O–H groups in total. The Kier molecular flexibility index (Phi) is 7.32. The number of rotatable bonds is 6. The summed E-state index contributed by atoms with van der Waals surface area (Å²) >= 11 is 5.91. The van der Waals surface area contributed by atoms with Gasteiger partial charge in [0.15, 0.2) is 0 Å². The minimum absolute atomic E-state index is 0.0907. The quantitative estimate of drug-likeness (QED) is 0.526. The van der Waals surface area contributed by atoms with Crippen molar-refractivity contribution >= 4 is 33.3 Å². The second-order valence-corrected chi connectivity index (χ2v) is 12.7. The van der Waals surface area contributed by atoms with Crippen molar-refractivity contribution in [2.45, 2.75) is 43.6 Å². The van der Waals surface area contributed by atoms with Crippen molar-refractivity contribution in [2.24, 2.45) is 5.41 Å². The Morgan fingerprint density at radius 1 is 0.944 bits per heavy atom. The monoisotopic (exact) mass is 531 g/mol. The van der Waals surface area contributed by atoms with E-state index in [4.69, 9.17) is 16.3 Å². The van der Waals surface area contributed by atoms with Crippen molar-refractivity contribution in [1.82, 2.24) is 9.21 Å². The maximum absolute atomic E-state index is 13.0. The molecule has 36 heavy (non-hydrogen) atoms. The smallest absolute Gasteiger partial charge is 0.312 e. The SMILES string of the molecule is Cc1ccc(N2CCN(CC[C@H]3CC4(CCN(S(=O)(=O)c5ccc(Cl)cc5)CC4)C(=O)O3)CC2)cc1. The van der Waals surface area contributed by atoms with Gasteiger partial charge in [0.1, 0.15) is 6.10 Å². The van der Waals surface area contributed by atoms with Gasteiger partial charge >= 0.3 is 5.97 Å². The number of ether oxygens (including phenoxy) is 1. The molecule has 9 heteroatoms. The first-order valence-corrected chi connectivity index (χ1v) is 14.6. The molecule has 7 nitrogen and oxygen atoms in total. The molecule has 3 fully saturated rings. The Labute approximate surface area is 219 Å². The van der Waals surface area contributed by atoms with E-state index < -0.39 is 15.4 Å². The van der Waals surface area contributed by atoms with E-state index in [0.29, 0.717) is 37.4 Å². The van der Waals surface area contributed by atoms with Crippen LogP contribution < -0.4 is 4.90 Å². The van der Waals surface area contributed by atoms with E-state index in [0.717, 1.165) is 39.1 Å². The number of piperazine rings is 1. The highest BCUT2D eigenvalue weighted by molar-refractivity contribution is 7.89. The third-order valence-electron chi connectivity index (χ3n) is 7.99. The number of hydrogen-bond donors (Lipinski definition) is 0. The Balaban J connectivity index is 1.10. The van der Waals surface area contributed by atoms with Crippen LogP contribution in [0.5, 0.6) is 0 Å². The van der Waals surface area contributed by atoms with Crippen LogP contribution in [0.3, 0.4) is 0 Å². The van der Waals surface area contributed by atoms with Crippen molar-refractivity contribution in [1.29, 1.82) is 0 Å². The number of cyclic esters (lactones) is 1. The molecule has 0 aliphatic carbocycles. The van der Waals surface area contributed by atoms with Gasteiger partial charge in [-0.2, -0.15) is 4.31 Å². The van der Waals surface area contributed by atoms with Crippen molar-refractivity contribution in [2.75, 3.05) is 50.7 Å². The van der Waals surface area contributed by atoms with Gasteiger partial charge in [0.05, 0.1) is 10.3 Å². The van der Waals surface area contributed by atoms with Gasteiger partial charge in [0.25, 0.3) is 0 Å². The molecule has 3 aliphatic heterocycles. The summed E-state index contributed by atoms with van der Waals surface area (Å²) in [6.45, 7) is 7.65. The summed E-state index contributed by atoms with van der Waals surface area (Å²) in [6.07, 6.45) is 2.43. The molecule has 1 spiro atoms. The topological polar surface area (TPSA) is 70.2 Å². The van der Waals surface area contributed by atoms with E-state index in [9.17, 15) is 13.2 Å². The van der Waals surface area contributed by atoms with Gasteiger partial charge in [0, 0.05) is 62.9 Å². The average Bonchev–Trinajstić information content (AvgIpc) is 3.18. The Morgan fingerprint density at radius 3 is 2.22 bits per heavy atom. The number of sulfonamides is 1. The third-order valence-corrected chi connectivity index (χ3v) is 10.2. The summed E-state index contributed by atoms with van der Waals surface area (Å²) in [6, 6.07) is 14.9. The summed E-state index contributed by atoms with van der Waals surface area (Å²) in [5, 5.41) is 0.499. The van der Waals surface area contributed by atoms with Crippen molar-refractivity contribution in [3.8, 4) is 0 Å². The van der Waals surface area contributed by atoms with Gasteiger partial charge in [-0.1, -0.05) is 29.3 Å². The highest BCUT2D eigenvalue weighted by Gasteiger charge is 2.51. The fraction of sp³-hybridized carbons (Fsp3) is 0.519. The van der Waals surface area contributed by atoms with Crippen LogP contribution in [0.25, 0.3) is 0 Å². The van der Waals surface area contributed by atoms with Gasteiger partial charge in [-0.25, -0.2) is 8.42 Å². The van der Waals surface area contributed by atoms with Gasteiger partial charge < -0.3 is 9.64 Å². The molecule has 0 amide bonds. The van der Waals surface area contributed by atoms with Crippen LogP contribution in [0.1, 0.15) is 31.2 Å². The molecule has 5 rings (SSSR count). The number of halogens is 1. The van der Waals surface area contributed by atoms with Crippen LogP contribution in [-0.2, 0) is 19.6 Å². The van der Waals surface area contributed by atoms with E-state index in [1.54, 1.807) is 12.1 Å². The molecule has 2 aromatic carbocycles. The molecule has 3 aliphatic rings. The minimum atomic E-state index is -3.60. The van der Waals surface area contributed by atoms with E-state index in [1.807, 2.05) is 0 Å². The molecule has 194 valence electrons. The van der Waals surface area contributed by atoms with Crippen LogP contribution in [-0.4, -0.2) is 75.5 Å². The van der Waals surface area contributed by atoms with Crippen LogP contribution in [0, 0.1) is 12.3 Å². The number of carbonyl (C=O) groups is 1. The average molecular weight is 532 g/mol. The number of hydrogen-bond acceptors (Lipinski definition) is 6. The highest BCUT2D eigenvalue weighted by Crippen LogP contribution is 2.44. The number of aryl methyl sites for hydroxylation is 1. The second-order valence-electron chi connectivity index (χ2n) is 10.3. The first-order chi connectivity index (χ1) is 17.2. The zero-order valence-corrected chi connectivity index (χ0v) is 22.3. The Hall–Kier alpha value is -2.13. The number of esters is 1. The van der Waals surface area contributed by atoms with Crippen LogP contribution >= 0.6 is 11.6 Å². The lowest BCUT2D eigenvalue weighted by molar-refractivity contribution is -0.150. The predicted octanol–water partition coefficient (Wildman–Crippen LogP) is 3.95. The standard InChI is InChI=1S/C27H34ClN3O4S/c1-21-2-6-23(7-3-21)30-18-16-29(17-19-30)13-10-24-20-27(26(32)35-24)11-14-31(15-12-27)36(33,34)25-8-4-22(28)5-9-25/h2-9,24H,10-20H2,1H3/t24-/m0/s1. The fourth-order valence-corrected chi connectivity index (χ4v) is 7.20. The van der Waals surface area contributed by atoms with E-state index in [1.165, 1.54) is 27.7 Å². The largest absolute Gasteiger partial charge is 0.462 e. The molecule has 3 heterocycles. The van der Waals surface area contributed by atoms with E-state index in [-0.39, 0.29) is 17.0 Å². The molecule has 3 saturated heterocycles. The van der Waals surface area contributed by atoms with Gasteiger partial charge in [-0.05, 0) is 62.6 Å². The highest BCUT2D eigenvalue weighted by atomic mass is 35.5. The second kappa shape index (κ2) is 10.3. The maximum Gasteiger partial charge on any atom is 0.312 e. The van der Waals surface area contributed by atoms with E-state index in [2.05, 4.69) is 41.0 Å². The van der Waals surface area contributed by atoms with Crippen molar-refractivity contribution < 1.29 is 17.9 Å². The van der Waals surface area contributed by atoms with Gasteiger partial charge in [0.2, 0.25) is 10.0 Å². The molecule has 1 atom stereocenters. The number of piperidine rings is 1. The number of carbonyl (C=O) groups excluding carboxylic acids is 1. The Morgan fingerprint density at radius 2 is 1.58 bits per heavy atom. The predicted molar refractivity (Wildman–Crippen MR) is 141 cm³/mol. The normalized spacial score (nSPS) is 23.2. The number of benzene rings is 2. The zero-order valence-electron chi connectivity index (χ0n) is 20.7. The molecule has 2 aromatic rings. The van der Waals surface area contributed by atoms with Crippen LogP contribution in [0.15, 0.2) is 53.4 Å². The van der Waals surface area contributed by atoms with Crippen molar-refractivity contribution in [3.05, 3.63) is 59.1 Å². The van der Waals surface area contributed by atoms with E-state index >= 15 is 0 Å².